The molecule has 1 atom stereocenters. The first kappa shape index (κ1) is 11.9. The molecule has 0 heterocycles. The maximum Gasteiger partial charge on any atom is 0.0431 e. The summed E-state index contributed by atoms with van der Waals surface area (Å²) < 4.78 is 0. The number of nitrogens with one attached hydrogen (secondary N) is 1. The van der Waals surface area contributed by atoms with Gasteiger partial charge < -0.3 is 10.4 Å². The molecule has 1 unspecified atom stereocenters. The van der Waals surface area contributed by atoms with E-state index in [2.05, 4.69) is 19.2 Å². The van der Waals surface area contributed by atoms with Gasteiger partial charge in [-0.2, -0.15) is 0 Å². The number of hydrogen-bond acceptors (Lipinski definition) is 2. The van der Waals surface area contributed by atoms with E-state index in [0.29, 0.717) is 12.6 Å². The van der Waals surface area contributed by atoms with Crippen LogP contribution in [0.25, 0.3) is 0 Å². The molecule has 0 rings (SSSR count). The molecule has 0 bridgehead atoms. The molecule has 2 nitrogen and oxygen atoms in total. The van der Waals surface area contributed by atoms with Gasteiger partial charge in [0.2, 0.25) is 0 Å². The van der Waals surface area contributed by atoms with Crippen molar-refractivity contribution < 1.29 is 5.11 Å². The molecule has 74 valence electrons. The quantitative estimate of drug-likeness (QED) is 0.615. The normalized spacial score (nSPS) is 13.8. The van der Waals surface area contributed by atoms with Gasteiger partial charge in [0.25, 0.3) is 0 Å². The van der Waals surface area contributed by atoms with Gasteiger partial charge >= 0.3 is 0 Å². The van der Waals surface area contributed by atoms with Gasteiger partial charge in [0.15, 0.2) is 0 Å². The van der Waals surface area contributed by atoms with Crippen molar-refractivity contribution >= 4 is 0 Å². The molecular weight excluding hydrogens is 150 g/mol. The van der Waals surface area contributed by atoms with Crippen molar-refractivity contribution in [2.45, 2.75) is 45.6 Å². The van der Waals surface area contributed by atoms with Crippen molar-refractivity contribution in [1.82, 2.24) is 5.32 Å². The highest BCUT2D eigenvalue weighted by Crippen LogP contribution is 2.16. The molecule has 0 saturated heterocycles. The Kier molecular flexibility index (Phi) is 7.51. The highest BCUT2D eigenvalue weighted by Gasteiger charge is 2.15. The van der Waals surface area contributed by atoms with E-state index in [-0.39, 0.29) is 0 Å². The van der Waals surface area contributed by atoms with E-state index in [4.69, 9.17) is 5.11 Å². The Morgan fingerprint density at radius 1 is 1.25 bits per heavy atom. The van der Waals surface area contributed by atoms with Crippen molar-refractivity contribution in [2.75, 3.05) is 13.7 Å². The molecular formula is C10H23NO. The zero-order valence-electron chi connectivity index (χ0n) is 8.64. The number of aliphatic hydroxyl groups is 1. The Balaban J connectivity index is 3.75. The lowest BCUT2D eigenvalue weighted by atomic mass is 9.91. The van der Waals surface area contributed by atoms with Crippen LogP contribution < -0.4 is 5.32 Å². The lowest BCUT2D eigenvalue weighted by Gasteiger charge is -2.24. The molecule has 2 N–H and O–H groups in total. The van der Waals surface area contributed by atoms with Crippen LogP contribution in [-0.4, -0.2) is 24.8 Å². The minimum Gasteiger partial charge on any atom is -0.396 e. The summed E-state index contributed by atoms with van der Waals surface area (Å²) in [6.45, 7) is 4.78. The topological polar surface area (TPSA) is 32.3 Å². The second-order valence-corrected chi connectivity index (χ2v) is 3.34. The predicted octanol–water partition coefficient (Wildman–Crippen LogP) is 1.78. The largest absolute Gasteiger partial charge is 0.396 e. The molecule has 0 aliphatic rings. The van der Waals surface area contributed by atoms with E-state index in [1.54, 1.807) is 0 Å². The van der Waals surface area contributed by atoms with Crippen LogP contribution in [0.1, 0.15) is 39.5 Å². The molecule has 0 aromatic rings. The Bertz CT molecular complexity index is 91.8. The lowest BCUT2D eigenvalue weighted by Crippen LogP contribution is -2.33. The van der Waals surface area contributed by atoms with Crippen LogP contribution in [0.4, 0.5) is 0 Å². The first-order valence-electron chi connectivity index (χ1n) is 5.08. The fourth-order valence-electron chi connectivity index (χ4n) is 1.78. The van der Waals surface area contributed by atoms with Crippen LogP contribution in [0, 0.1) is 5.92 Å². The van der Waals surface area contributed by atoms with Gasteiger partial charge in [0, 0.05) is 12.6 Å². The van der Waals surface area contributed by atoms with Gasteiger partial charge in [0.1, 0.15) is 0 Å². The number of rotatable bonds is 7. The molecule has 0 aromatic carbocycles. The maximum absolute atomic E-state index is 8.71. The third-order valence-electron chi connectivity index (χ3n) is 2.66. The molecule has 12 heavy (non-hydrogen) atoms. The molecule has 0 aliphatic heterocycles. The van der Waals surface area contributed by atoms with Gasteiger partial charge in [-0.1, -0.05) is 26.7 Å². The summed E-state index contributed by atoms with van der Waals surface area (Å²) in [4.78, 5) is 0. The van der Waals surface area contributed by atoms with Gasteiger partial charge in [-0.15, -0.1) is 0 Å². The second-order valence-electron chi connectivity index (χ2n) is 3.34. The van der Waals surface area contributed by atoms with Gasteiger partial charge in [0.05, 0.1) is 0 Å². The van der Waals surface area contributed by atoms with Crippen molar-refractivity contribution in [2.24, 2.45) is 5.92 Å². The second kappa shape index (κ2) is 7.56. The monoisotopic (exact) mass is 173 g/mol. The van der Waals surface area contributed by atoms with Crippen molar-refractivity contribution in [1.29, 1.82) is 0 Å². The van der Waals surface area contributed by atoms with Crippen LogP contribution in [0.3, 0.4) is 0 Å². The molecule has 0 radical (unpaired) electrons. The molecule has 0 fully saturated rings. The Labute approximate surface area is 76.4 Å². The summed E-state index contributed by atoms with van der Waals surface area (Å²) >= 11 is 0. The Morgan fingerprint density at radius 3 is 2.17 bits per heavy atom. The van der Waals surface area contributed by atoms with Crippen molar-refractivity contribution in [3.05, 3.63) is 0 Å². The average molecular weight is 173 g/mol. The highest BCUT2D eigenvalue weighted by molar-refractivity contribution is 4.72. The third kappa shape index (κ3) is 4.07. The average Bonchev–Trinajstić information content (AvgIpc) is 2.12. The zero-order valence-corrected chi connectivity index (χ0v) is 8.64. The molecule has 0 spiro atoms. The van der Waals surface area contributed by atoms with E-state index in [9.17, 15) is 0 Å². The maximum atomic E-state index is 8.71. The Hall–Kier alpha value is -0.0800. The minimum absolute atomic E-state index is 0.318. The molecule has 0 aliphatic carbocycles. The Morgan fingerprint density at radius 2 is 1.83 bits per heavy atom. The van der Waals surface area contributed by atoms with Crippen molar-refractivity contribution in [3.8, 4) is 0 Å². The van der Waals surface area contributed by atoms with Crippen LogP contribution in [0.5, 0.6) is 0 Å². The minimum atomic E-state index is 0.318. The van der Waals surface area contributed by atoms with Crippen LogP contribution >= 0.6 is 0 Å². The van der Waals surface area contributed by atoms with E-state index in [1.165, 1.54) is 12.8 Å². The van der Waals surface area contributed by atoms with Crippen molar-refractivity contribution in [3.63, 3.8) is 0 Å². The summed E-state index contributed by atoms with van der Waals surface area (Å²) in [5, 5.41) is 12.0. The molecule has 0 saturated carbocycles. The van der Waals surface area contributed by atoms with Crippen LogP contribution in [-0.2, 0) is 0 Å². The highest BCUT2D eigenvalue weighted by atomic mass is 16.2. The van der Waals surface area contributed by atoms with Gasteiger partial charge in [-0.25, -0.2) is 0 Å². The summed E-state index contributed by atoms with van der Waals surface area (Å²) in [5.41, 5.74) is 0. The van der Waals surface area contributed by atoms with Crippen LogP contribution in [0.2, 0.25) is 0 Å². The van der Waals surface area contributed by atoms with Crippen LogP contribution in [0.15, 0.2) is 0 Å². The molecule has 0 aromatic heterocycles. The van der Waals surface area contributed by atoms with E-state index >= 15 is 0 Å². The van der Waals surface area contributed by atoms with E-state index in [0.717, 1.165) is 18.8 Å². The number of aliphatic hydroxyl groups excluding tert-OH is 1. The summed E-state index contributed by atoms with van der Waals surface area (Å²) in [5.74, 6) is 0.765. The SMILES string of the molecule is CCC(CC)C(CCCO)NC. The number of hydrogen-bond donors (Lipinski definition) is 2. The third-order valence-corrected chi connectivity index (χ3v) is 2.66. The lowest BCUT2D eigenvalue weighted by molar-refractivity contribution is 0.256. The summed E-state index contributed by atoms with van der Waals surface area (Å²) in [6, 6.07) is 0.590. The first-order valence-corrected chi connectivity index (χ1v) is 5.08. The molecule has 0 amide bonds. The zero-order chi connectivity index (χ0) is 9.40. The molecule has 2 heteroatoms. The fraction of sp³-hybridized carbons (Fsp3) is 1.00. The van der Waals surface area contributed by atoms with E-state index in [1.807, 2.05) is 7.05 Å². The van der Waals surface area contributed by atoms with E-state index < -0.39 is 0 Å². The van der Waals surface area contributed by atoms with Gasteiger partial charge in [-0.05, 0) is 25.8 Å². The summed E-state index contributed by atoms with van der Waals surface area (Å²) in [7, 11) is 2.01. The smallest absolute Gasteiger partial charge is 0.0431 e. The standard InChI is InChI=1S/C10H23NO/c1-4-9(5-2)10(11-3)7-6-8-12/h9-12H,4-8H2,1-3H3. The summed E-state index contributed by atoms with van der Waals surface area (Å²) in [6.07, 6.45) is 4.47. The fourth-order valence-corrected chi connectivity index (χ4v) is 1.78. The predicted molar refractivity (Wildman–Crippen MR) is 53.2 cm³/mol. The first-order chi connectivity index (χ1) is 5.79. The van der Waals surface area contributed by atoms with Gasteiger partial charge in [-0.3, -0.25) is 0 Å².